The van der Waals surface area contributed by atoms with Crippen LogP contribution in [0.25, 0.3) is 6.08 Å². The number of ether oxygens (including phenoxy) is 1. The summed E-state index contributed by atoms with van der Waals surface area (Å²) >= 11 is 0. The molecule has 0 radical (unpaired) electrons. The molecule has 98 valence electrons. The Kier molecular flexibility index (Phi) is 4.76. The normalized spacial score (nSPS) is 11.4. The highest BCUT2D eigenvalue weighted by molar-refractivity contribution is 5.53. The zero-order valence-electron chi connectivity index (χ0n) is 11.2. The first-order chi connectivity index (χ1) is 9.28. The molecular weight excluding hydrogens is 234 g/mol. The van der Waals surface area contributed by atoms with Crippen LogP contribution in [0.5, 0.6) is 5.75 Å². The van der Waals surface area contributed by atoms with E-state index in [1.54, 1.807) is 0 Å². The van der Waals surface area contributed by atoms with E-state index in [1.807, 2.05) is 49.4 Å². The molecule has 0 unspecified atom stereocenters. The predicted molar refractivity (Wildman–Crippen MR) is 79.9 cm³/mol. The first kappa shape index (κ1) is 13.4. The average Bonchev–Trinajstić information content (AvgIpc) is 2.47. The Bertz CT molecular complexity index is 529. The second kappa shape index (κ2) is 6.76. The smallest absolute Gasteiger partial charge is 0.119 e. The van der Waals surface area contributed by atoms with Crippen molar-refractivity contribution < 1.29 is 4.74 Å². The molecule has 2 aromatic rings. The maximum Gasteiger partial charge on any atom is 0.119 e. The zero-order chi connectivity index (χ0) is 13.5. The number of benzene rings is 2. The van der Waals surface area contributed by atoms with E-state index in [2.05, 4.69) is 18.2 Å². The molecule has 0 saturated heterocycles. The van der Waals surface area contributed by atoms with Crippen molar-refractivity contribution in [1.29, 1.82) is 0 Å². The molecule has 2 heteroatoms. The highest BCUT2D eigenvalue weighted by atomic mass is 16.5. The van der Waals surface area contributed by atoms with Crippen LogP contribution in [0.15, 0.2) is 60.2 Å². The van der Waals surface area contributed by atoms with Gasteiger partial charge in [-0.15, -0.1) is 0 Å². The van der Waals surface area contributed by atoms with Crippen LogP contribution in [-0.2, 0) is 6.61 Å². The van der Waals surface area contributed by atoms with Crippen molar-refractivity contribution >= 4 is 6.08 Å². The molecule has 2 rings (SSSR count). The van der Waals surface area contributed by atoms with Gasteiger partial charge >= 0.3 is 0 Å². The standard InChI is InChI=1S/C17H19NO/c1-14(12-18)11-15-7-9-17(10-8-15)19-13-16-5-3-2-4-6-16/h2-11H,12-13,18H2,1H3. The summed E-state index contributed by atoms with van der Waals surface area (Å²) in [5.41, 5.74) is 9.05. The van der Waals surface area contributed by atoms with Crippen molar-refractivity contribution in [1.82, 2.24) is 0 Å². The van der Waals surface area contributed by atoms with Gasteiger partial charge in [-0.3, -0.25) is 0 Å². The fourth-order valence-electron chi connectivity index (χ4n) is 1.74. The van der Waals surface area contributed by atoms with Crippen LogP contribution >= 0.6 is 0 Å². The fourth-order valence-corrected chi connectivity index (χ4v) is 1.74. The molecule has 19 heavy (non-hydrogen) atoms. The maximum atomic E-state index is 5.73. The van der Waals surface area contributed by atoms with Crippen LogP contribution in [0.1, 0.15) is 18.1 Å². The van der Waals surface area contributed by atoms with Gasteiger partial charge in [-0.25, -0.2) is 0 Å². The minimum Gasteiger partial charge on any atom is -0.489 e. The number of nitrogens with two attached hydrogens (primary N) is 1. The monoisotopic (exact) mass is 253 g/mol. The summed E-state index contributed by atoms with van der Waals surface area (Å²) in [5.74, 6) is 0.881. The van der Waals surface area contributed by atoms with Gasteiger partial charge in [-0.1, -0.05) is 54.1 Å². The summed E-state index contributed by atoms with van der Waals surface area (Å²) in [6, 6.07) is 18.2. The van der Waals surface area contributed by atoms with Crippen LogP contribution < -0.4 is 10.5 Å². The van der Waals surface area contributed by atoms with Crippen molar-refractivity contribution in [2.75, 3.05) is 6.54 Å². The molecule has 0 aromatic heterocycles. The molecule has 0 spiro atoms. The second-order valence-corrected chi connectivity index (χ2v) is 4.54. The second-order valence-electron chi connectivity index (χ2n) is 4.54. The lowest BCUT2D eigenvalue weighted by molar-refractivity contribution is 0.306. The molecule has 2 nitrogen and oxygen atoms in total. The molecule has 0 aliphatic rings. The summed E-state index contributed by atoms with van der Waals surface area (Å²) in [7, 11) is 0. The van der Waals surface area contributed by atoms with Crippen molar-refractivity contribution in [3.05, 3.63) is 71.3 Å². The Labute approximate surface area is 114 Å². The molecule has 0 heterocycles. The summed E-state index contributed by atoms with van der Waals surface area (Å²) in [6.45, 7) is 3.21. The number of rotatable bonds is 5. The van der Waals surface area contributed by atoms with E-state index in [0.29, 0.717) is 13.2 Å². The molecule has 2 aromatic carbocycles. The predicted octanol–water partition coefficient (Wildman–Crippen LogP) is 3.63. The SMILES string of the molecule is CC(=Cc1ccc(OCc2ccccc2)cc1)CN. The molecule has 0 saturated carbocycles. The third-order valence-electron chi connectivity index (χ3n) is 2.86. The third kappa shape index (κ3) is 4.27. The largest absolute Gasteiger partial charge is 0.489 e. The van der Waals surface area contributed by atoms with Crippen LogP contribution in [0, 0.1) is 0 Å². The fraction of sp³-hybridized carbons (Fsp3) is 0.176. The highest BCUT2D eigenvalue weighted by Crippen LogP contribution is 2.15. The van der Waals surface area contributed by atoms with E-state index in [0.717, 1.165) is 16.9 Å². The van der Waals surface area contributed by atoms with Gasteiger partial charge in [0.1, 0.15) is 12.4 Å². The van der Waals surface area contributed by atoms with Gasteiger partial charge < -0.3 is 10.5 Å². The Morgan fingerprint density at radius 3 is 2.37 bits per heavy atom. The molecule has 0 atom stereocenters. The minimum atomic E-state index is 0.590. The van der Waals surface area contributed by atoms with Gasteiger partial charge in [-0.05, 0) is 30.2 Å². The summed E-state index contributed by atoms with van der Waals surface area (Å²) in [6.07, 6.45) is 2.08. The summed E-state index contributed by atoms with van der Waals surface area (Å²) < 4.78 is 5.73. The van der Waals surface area contributed by atoms with E-state index in [1.165, 1.54) is 5.56 Å². The first-order valence-corrected chi connectivity index (χ1v) is 6.42. The average molecular weight is 253 g/mol. The van der Waals surface area contributed by atoms with E-state index in [9.17, 15) is 0 Å². The van der Waals surface area contributed by atoms with Gasteiger partial charge in [0, 0.05) is 6.54 Å². The van der Waals surface area contributed by atoms with Crippen LogP contribution in [0.3, 0.4) is 0 Å². The van der Waals surface area contributed by atoms with Crippen molar-refractivity contribution in [3.8, 4) is 5.75 Å². The number of hydrogen-bond donors (Lipinski definition) is 1. The lowest BCUT2D eigenvalue weighted by Gasteiger charge is -2.06. The summed E-state index contributed by atoms with van der Waals surface area (Å²) in [4.78, 5) is 0. The molecule has 0 aliphatic heterocycles. The molecule has 0 fully saturated rings. The van der Waals surface area contributed by atoms with Gasteiger partial charge in [0.05, 0.1) is 0 Å². The van der Waals surface area contributed by atoms with Crippen molar-refractivity contribution in [2.24, 2.45) is 5.73 Å². The first-order valence-electron chi connectivity index (χ1n) is 6.42. The van der Waals surface area contributed by atoms with E-state index >= 15 is 0 Å². The molecule has 0 amide bonds. The Morgan fingerprint density at radius 1 is 1.05 bits per heavy atom. The molecule has 2 N–H and O–H groups in total. The van der Waals surface area contributed by atoms with Gasteiger partial charge in [0.2, 0.25) is 0 Å². The van der Waals surface area contributed by atoms with E-state index < -0.39 is 0 Å². The lowest BCUT2D eigenvalue weighted by atomic mass is 10.1. The highest BCUT2D eigenvalue weighted by Gasteiger charge is 1.96. The Balaban J connectivity index is 1.96. The van der Waals surface area contributed by atoms with E-state index in [-0.39, 0.29) is 0 Å². The van der Waals surface area contributed by atoms with Crippen molar-refractivity contribution in [2.45, 2.75) is 13.5 Å². The van der Waals surface area contributed by atoms with Gasteiger partial charge in [-0.2, -0.15) is 0 Å². The van der Waals surface area contributed by atoms with Crippen LogP contribution in [0.4, 0.5) is 0 Å². The van der Waals surface area contributed by atoms with Crippen LogP contribution in [-0.4, -0.2) is 6.54 Å². The Morgan fingerprint density at radius 2 is 1.74 bits per heavy atom. The van der Waals surface area contributed by atoms with Gasteiger partial charge in [0.15, 0.2) is 0 Å². The minimum absolute atomic E-state index is 0.590. The third-order valence-corrected chi connectivity index (χ3v) is 2.86. The summed E-state index contributed by atoms with van der Waals surface area (Å²) in [5, 5.41) is 0. The van der Waals surface area contributed by atoms with Crippen molar-refractivity contribution in [3.63, 3.8) is 0 Å². The van der Waals surface area contributed by atoms with Gasteiger partial charge in [0.25, 0.3) is 0 Å². The Hall–Kier alpha value is -2.06. The maximum absolute atomic E-state index is 5.73. The molecule has 0 bridgehead atoms. The zero-order valence-corrected chi connectivity index (χ0v) is 11.2. The van der Waals surface area contributed by atoms with Crippen LogP contribution in [0.2, 0.25) is 0 Å². The van der Waals surface area contributed by atoms with E-state index in [4.69, 9.17) is 10.5 Å². The number of hydrogen-bond acceptors (Lipinski definition) is 2. The molecule has 0 aliphatic carbocycles. The molecular formula is C17H19NO. The quantitative estimate of drug-likeness (QED) is 0.883. The lowest BCUT2D eigenvalue weighted by Crippen LogP contribution is -1.99. The topological polar surface area (TPSA) is 35.2 Å².